The molecule has 0 amide bonds. The summed E-state index contributed by atoms with van der Waals surface area (Å²) in [6.07, 6.45) is 7.48. The molecule has 84 valence electrons. The third kappa shape index (κ3) is 9.79. The zero-order chi connectivity index (χ0) is 10.8. The SMILES string of the molecule is CCCNCCC(C)CCC=C(C)C. The van der Waals surface area contributed by atoms with Gasteiger partial charge in [-0.1, -0.05) is 25.5 Å². The van der Waals surface area contributed by atoms with Crippen molar-refractivity contribution in [3.63, 3.8) is 0 Å². The Bertz CT molecular complexity index is 145. The molecule has 1 N–H and O–H groups in total. The minimum Gasteiger partial charge on any atom is -0.317 e. The quantitative estimate of drug-likeness (QED) is 0.461. The summed E-state index contributed by atoms with van der Waals surface area (Å²) in [5, 5.41) is 3.45. The molecule has 0 heterocycles. The number of allylic oxidation sites excluding steroid dienone is 2. The predicted octanol–water partition coefficient (Wildman–Crippen LogP) is 3.76. The Morgan fingerprint density at radius 1 is 1.21 bits per heavy atom. The van der Waals surface area contributed by atoms with Gasteiger partial charge in [0.1, 0.15) is 0 Å². The summed E-state index contributed by atoms with van der Waals surface area (Å²) in [5.41, 5.74) is 1.45. The Balaban J connectivity index is 3.28. The van der Waals surface area contributed by atoms with Crippen LogP contribution in [0.5, 0.6) is 0 Å². The molecule has 0 aliphatic rings. The summed E-state index contributed by atoms with van der Waals surface area (Å²) < 4.78 is 0. The molecule has 0 aromatic carbocycles. The normalized spacial score (nSPS) is 12.6. The Morgan fingerprint density at radius 2 is 1.93 bits per heavy atom. The first-order chi connectivity index (χ1) is 6.66. The van der Waals surface area contributed by atoms with Crippen LogP contribution >= 0.6 is 0 Å². The van der Waals surface area contributed by atoms with Gasteiger partial charge >= 0.3 is 0 Å². The van der Waals surface area contributed by atoms with Crippen molar-refractivity contribution < 1.29 is 0 Å². The molecule has 0 aromatic rings. The zero-order valence-corrected chi connectivity index (χ0v) is 10.4. The number of nitrogens with one attached hydrogen (secondary N) is 1. The molecule has 1 atom stereocenters. The van der Waals surface area contributed by atoms with Gasteiger partial charge in [0, 0.05) is 0 Å². The number of hydrogen-bond donors (Lipinski definition) is 1. The fourth-order valence-electron chi connectivity index (χ4n) is 1.45. The van der Waals surface area contributed by atoms with Gasteiger partial charge in [-0.15, -0.1) is 0 Å². The van der Waals surface area contributed by atoms with Crippen LogP contribution < -0.4 is 5.32 Å². The van der Waals surface area contributed by atoms with Crippen LogP contribution in [0.3, 0.4) is 0 Å². The lowest BCUT2D eigenvalue weighted by Gasteiger charge is -2.10. The summed E-state index contributed by atoms with van der Waals surface area (Å²) in [6, 6.07) is 0. The largest absolute Gasteiger partial charge is 0.317 e. The van der Waals surface area contributed by atoms with E-state index < -0.39 is 0 Å². The van der Waals surface area contributed by atoms with Crippen LogP contribution in [0.1, 0.15) is 53.4 Å². The van der Waals surface area contributed by atoms with Crippen LogP contribution in [-0.4, -0.2) is 13.1 Å². The van der Waals surface area contributed by atoms with E-state index in [-0.39, 0.29) is 0 Å². The second-order valence-electron chi connectivity index (χ2n) is 4.50. The lowest BCUT2D eigenvalue weighted by molar-refractivity contribution is 0.473. The van der Waals surface area contributed by atoms with Crippen molar-refractivity contribution in [3.8, 4) is 0 Å². The van der Waals surface area contributed by atoms with Crippen LogP contribution in [0.15, 0.2) is 11.6 Å². The van der Waals surface area contributed by atoms with Crippen molar-refractivity contribution in [2.75, 3.05) is 13.1 Å². The van der Waals surface area contributed by atoms with E-state index in [1.165, 1.54) is 44.3 Å². The van der Waals surface area contributed by atoms with Crippen LogP contribution in [0.25, 0.3) is 0 Å². The molecule has 0 aromatic heterocycles. The Morgan fingerprint density at radius 3 is 2.50 bits per heavy atom. The molecular weight excluding hydrogens is 170 g/mol. The maximum Gasteiger partial charge on any atom is -0.00464 e. The predicted molar refractivity (Wildman–Crippen MR) is 65.6 cm³/mol. The lowest BCUT2D eigenvalue weighted by atomic mass is 10.0. The van der Waals surface area contributed by atoms with E-state index in [0.29, 0.717) is 0 Å². The average molecular weight is 197 g/mol. The molecule has 0 fully saturated rings. The topological polar surface area (TPSA) is 12.0 Å². The van der Waals surface area contributed by atoms with Gasteiger partial charge in [0.15, 0.2) is 0 Å². The van der Waals surface area contributed by atoms with E-state index in [1.807, 2.05) is 0 Å². The highest BCUT2D eigenvalue weighted by atomic mass is 14.8. The maximum absolute atomic E-state index is 3.45. The van der Waals surface area contributed by atoms with Gasteiger partial charge in [0.2, 0.25) is 0 Å². The molecule has 1 heteroatoms. The highest BCUT2D eigenvalue weighted by molar-refractivity contribution is 4.92. The van der Waals surface area contributed by atoms with Gasteiger partial charge < -0.3 is 5.32 Å². The molecule has 0 saturated carbocycles. The van der Waals surface area contributed by atoms with Crippen molar-refractivity contribution in [1.29, 1.82) is 0 Å². The highest BCUT2D eigenvalue weighted by Gasteiger charge is 1.99. The van der Waals surface area contributed by atoms with Gasteiger partial charge in [-0.05, 0) is 58.5 Å². The average Bonchev–Trinajstić information content (AvgIpc) is 2.12. The molecule has 0 saturated heterocycles. The van der Waals surface area contributed by atoms with Crippen molar-refractivity contribution >= 4 is 0 Å². The highest BCUT2D eigenvalue weighted by Crippen LogP contribution is 2.10. The van der Waals surface area contributed by atoms with E-state index >= 15 is 0 Å². The Hall–Kier alpha value is -0.300. The molecule has 0 aliphatic heterocycles. The molecule has 0 radical (unpaired) electrons. The first-order valence-corrected chi connectivity index (χ1v) is 6.00. The molecule has 0 bridgehead atoms. The van der Waals surface area contributed by atoms with Crippen molar-refractivity contribution in [3.05, 3.63) is 11.6 Å². The minimum atomic E-state index is 0.856. The van der Waals surface area contributed by atoms with E-state index in [9.17, 15) is 0 Å². The van der Waals surface area contributed by atoms with E-state index in [0.717, 1.165) is 5.92 Å². The Labute approximate surface area is 90.0 Å². The van der Waals surface area contributed by atoms with Crippen LogP contribution in [0, 0.1) is 5.92 Å². The number of hydrogen-bond acceptors (Lipinski definition) is 1. The smallest absolute Gasteiger partial charge is 0.00464 e. The summed E-state index contributed by atoms with van der Waals surface area (Å²) >= 11 is 0. The van der Waals surface area contributed by atoms with Crippen molar-refractivity contribution in [2.24, 2.45) is 5.92 Å². The van der Waals surface area contributed by atoms with Crippen molar-refractivity contribution in [2.45, 2.75) is 53.4 Å². The van der Waals surface area contributed by atoms with E-state index in [1.54, 1.807) is 0 Å². The molecule has 0 aliphatic carbocycles. The maximum atomic E-state index is 3.45. The third-order valence-electron chi connectivity index (χ3n) is 2.45. The lowest BCUT2D eigenvalue weighted by Crippen LogP contribution is -2.17. The molecule has 1 nitrogen and oxygen atoms in total. The molecule has 0 spiro atoms. The molecule has 1 unspecified atom stereocenters. The zero-order valence-electron chi connectivity index (χ0n) is 10.4. The monoisotopic (exact) mass is 197 g/mol. The number of rotatable bonds is 8. The van der Waals surface area contributed by atoms with Crippen LogP contribution in [0.2, 0.25) is 0 Å². The Kier molecular flexibility index (Phi) is 9.06. The van der Waals surface area contributed by atoms with Gasteiger partial charge in [-0.3, -0.25) is 0 Å². The molecule has 0 rings (SSSR count). The third-order valence-corrected chi connectivity index (χ3v) is 2.45. The fourth-order valence-corrected chi connectivity index (χ4v) is 1.45. The van der Waals surface area contributed by atoms with Crippen LogP contribution in [-0.2, 0) is 0 Å². The summed E-state index contributed by atoms with van der Waals surface area (Å²) in [4.78, 5) is 0. The minimum absolute atomic E-state index is 0.856. The molecule has 14 heavy (non-hydrogen) atoms. The van der Waals surface area contributed by atoms with Gasteiger partial charge in [0.25, 0.3) is 0 Å². The van der Waals surface area contributed by atoms with Crippen molar-refractivity contribution in [1.82, 2.24) is 5.32 Å². The van der Waals surface area contributed by atoms with E-state index in [2.05, 4.69) is 39.1 Å². The second kappa shape index (κ2) is 9.26. The van der Waals surface area contributed by atoms with Gasteiger partial charge in [-0.25, -0.2) is 0 Å². The van der Waals surface area contributed by atoms with Crippen LogP contribution in [0.4, 0.5) is 0 Å². The summed E-state index contributed by atoms with van der Waals surface area (Å²) in [5.74, 6) is 0.856. The van der Waals surface area contributed by atoms with Gasteiger partial charge in [0.05, 0.1) is 0 Å². The molecular formula is C13H27N. The summed E-state index contributed by atoms with van der Waals surface area (Å²) in [6.45, 7) is 11.3. The fraction of sp³-hybridized carbons (Fsp3) is 0.846. The summed E-state index contributed by atoms with van der Waals surface area (Å²) in [7, 11) is 0. The van der Waals surface area contributed by atoms with E-state index in [4.69, 9.17) is 0 Å². The van der Waals surface area contributed by atoms with Gasteiger partial charge in [-0.2, -0.15) is 0 Å². The first kappa shape index (κ1) is 13.7. The second-order valence-corrected chi connectivity index (χ2v) is 4.50. The first-order valence-electron chi connectivity index (χ1n) is 6.00. The standard InChI is InChI=1S/C13H27N/c1-5-10-14-11-9-13(4)8-6-7-12(2)3/h7,13-14H,5-6,8-11H2,1-4H3.